The van der Waals surface area contributed by atoms with E-state index in [1.54, 1.807) is 55.5 Å². The number of carbonyl (C=O) groups is 4. The van der Waals surface area contributed by atoms with Crippen LogP contribution in [0.3, 0.4) is 0 Å². The van der Waals surface area contributed by atoms with Crippen molar-refractivity contribution in [1.29, 1.82) is 0 Å². The van der Waals surface area contributed by atoms with Crippen LogP contribution < -0.4 is 10.6 Å². The van der Waals surface area contributed by atoms with E-state index in [1.165, 1.54) is 13.8 Å². The largest absolute Gasteiger partial charge is 0.462 e. The van der Waals surface area contributed by atoms with Gasteiger partial charge in [-0.05, 0) is 45.0 Å². The molecule has 0 radical (unpaired) electrons. The molecule has 11 nitrogen and oxygen atoms in total. The lowest BCUT2D eigenvalue weighted by Gasteiger charge is -2.24. The number of azo groups is 1. The summed E-state index contributed by atoms with van der Waals surface area (Å²) >= 11 is 5.58. The van der Waals surface area contributed by atoms with E-state index < -0.39 is 35.4 Å². The maximum Gasteiger partial charge on any atom is 0.369 e. The summed E-state index contributed by atoms with van der Waals surface area (Å²) in [4.78, 5) is 50.1. The molecule has 0 heterocycles. The maximum atomic E-state index is 12.8. The van der Waals surface area contributed by atoms with Gasteiger partial charge in [0.25, 0.3) is 0 Å². The molecule has 0 aromatic heterocycles. The number of amides is 1. The fourth-order valence-corrected chi connectivity index (χ4v) is 2.98. The first kappa shape index (κ1) is 28.2. The molecule has 2 aromatic rings. The molecule has 36 heavy (non-hydrogen) atoms. The van der Waals surface area contributed by atoms with Gasteiger partial charge in [-0.2, -0.15) is 5.11 Å². The van der Waals surface area contributed by atoms with Gasteiger partial charge in [-0.25, -0.2) is 14.4 Å². The molecule has 0 aliphatic rings. The van der Waals surface area contributed by atoms with Gasteiger partial charge in [-0.15, -0.1) is 16.7 Å². The summed E-state index contributed by atoms with van der Waals surface area (Å²) in [6, 6.07) is 13.2. The predicted octanol–water partition coefficient (Wildman–Crippen LogP) is 3.87. The van der Waals surface area contributed by atoms with Crippen molar-refractivity contribution in [2.45, 2.75) is 26.4 Å². The van der Waals surface area contributed by atoms with Crippen LogP contribution in [0.5, 0.6) is 0 Å². The van der Waals surface area contributed by atoms with Gasteiger partial charge in [0, 0.05) is 0 Å². The number of alkyl halides is 1. The first-order valence-electron chi connectivity index (χ1n) is 11.1. The molecule has 2 N–H and O–H groups in total. The van der Waals surface area contributed by atoms with Crippen molar-refractivity contribution in [3.8, 4) is 0 Å². The minimum atomic E-state index is -2.62. The van der Waals surface area contributed by atoms with Crippen LogP contribution in [-0.2, 0) is 28.6 Å². The van der Waals surface area contributed by atoms with E-state index in [0.29, 0.717) is 11.4 Å². The lowest BCUT2D eigenvalue weighted by molar-refractivity contribution is -0.167. The number of carbonyl (C=O) groups excluding carboxylic acids is 4. The third-order valence-electron chi connectivity index (χ3n) is 4.49. The average Bonchev–Trinajstić information content (AvgIpc) is 2.87. The molecule has 0 fully saturated rings. The first-order chi connectivity index (χ1) is 17.3. The van der Waals surface area contributed by atoms with Crippen molar-refractivity contribution in [3.05, 3.63) is 54.1 Å². The quantitative estimate of drug-likeness (QED) is 0.142. The molecule has 0 unspecified atom stereocenters. The van der Waals surface area contributed by atoms with Crippen LogP contribution in [0.1, 0.15) is 31.1 Å². The fourth-order valence-electron chi connectivity index (χ4n) is 2.92. The molecule has 0 aliphatic carbocycles. The van der Waals surface area contributed by atoms with E-state index in [4.69, 9.17) is 25.8 Å². The molecule has 12 heteroatoms. The van der Waals surface area contributed by atoms with E-state index in [1.807, 2.05) is 0 Å². The smallest absolute Gasteiger partial charge is 0.369 e. The average molecular weight is 519 g/mol. The second-order valence-corrected chi connectivity index (χ2v) is 7.21. The second kappa shape index (κ2) is 13.8. The zero-order chi connectivity index (χ0) is 26.6. The highest BCUT2D eigenvalue weighted by Gasteiger charge is 2.52. The third kappa shape index (κ3) is 7.01. The summed E-state index contributed by atoms with van der Waals surface area (Å²) < 4.78 is 15.1. The Balaban J connectivity index is 2.54. The summed E-state index contributed by atoms with van der Waals surface area (Å²) in [6.45, 7) is 4.74. The zero-order valence-electron chi connectivity index (χ0n) is 20.1. The van der Waals surface area contributed by atoms with Crippen molar-refractivity contribution < 1.29 is 33.4 Å². The summed E-state index contributed by atoms with van der Waals surface area (Å²) in [5.41, 5.74) is -1.35. The van der Waals surface area contributed by atoms with Crippen LogP contribution in [0.4, 0.5) is 17.1 Å². The van der Waals surface area contributed by atoms with Crippen LogP contribution in [0.2, 0.25) is 0 Å². The fraction of sp³-hybridized carbons (Fsp3) is 0.333. The number of para-hydroxylation sites is 2. The SMILES string of the molecule is CCOC(=O)c1ccccc1Nc1ccccc1/N=N/C(NC(=O)CCl)(C(=O)OCC)C(=O)OCC. The Morgan fingerprint density at radius 2 is 1.39 bits per heavy atom. The number of nitrogens with one attached hydrogen (secondary N) is 2. The molecule has 0 aliphatic heterocycles. The van der Waals surface area contributed by atoms with Crippen LogP contribution in [-0.4, -0.2) is 55.2 Å². The van der Waals surface area contributed by atoms with E-state index in [0.717, 1.165) is 0 Å². The van der Waals surface area contributed by atoms with Crippen molar-refractivity contribution in [3.63, 3.8) is 0 Å². The van der Waals surface area contributed by atoms with Gasteiger partial charge in [-0.1, -0.05) is 24.3 Å². The van der Waals surface area contributed by atoms with Gasteiger partial charge in [0.2, 0.25) is 5.91 Å². The monoisotopic (exact) mass is 518 g/mol. The number of nitrogens with zero attached hydrogens (tertiary/aromatic N) is 2. The number of benzene rings is 2. The summed E-state index contributed by atoms with van der Waals surface area (Å²) in [6.07, 6.45) is 0. The Kier molecular flexibility index (Phi) is 10.8. The number of rotatable bonds is 12. The predicted molar refractivity (Wildman–Crippen MR) is 131 cm³/mol. The Morgan fingerprint density at radius 1 is 0.833 bits per heavy atom. The number of esters is 3. The molecule has 1 amide bonds. The highest BCUT2D eigenvalue weighted by atomic mass is 35.5. The van der Waals surface area contributed by atoms with Crippen LogP contribution in [0.15, 0.2) is 58.8 Å². The van der Waals surface area contributed by atoms with Gasteiger partial charge in [0.1, 0.15) is 11.6 Å². The molecule has 0 atom stereocenters. The van der Waals surface area contributed by atoms with Crippen molar-refractivity contribution in [1.82, 2.24) is 5.32 Å². The molecule has 2 aromatic carbocycles. The molecule has 0 saturated carbocycles. The number of hydrogen-bond acceptors (Lipinski definition) is 10. The van der Waals surface area contributed by atoms with Gasteiger partial charge in [-0.3, -0.25) is 4.79 Å². The third-order valence-corrected chi connectivity index (χ3v) is 4.73. The summed E-state index contributed by atoms with van der Waals surface area (Å²) in [5.74, 6) is -4.33. The molecule has 0 saturated heterocycles. The van der Waals surface area contributed by atoms with Crippen LogP contribution in [0, 0.1) is 0 Å². The second-order valence-electron chi connectivity index (χ2n) is 6.94. The maximum absolute atomic E-state index is 12.8. The highest BCUT2D eigenvalue weighted by Crippen LogP contribution is 2.31. The number of anilines is 2. The minimum Gasteiger partial charge on any atom is -0.462 e. The Bertz CT molecular complexity index is 1110. The molecular formula is C24H27ClN4O7. The Labute approximate surface area is 213 Å². The van der Waals surface area contributed by atoms with Gasteiger partial charge < -0.3 is 24.8 Å². The molecule has 0 bridgehead atoms. The summed E-state index contributed by atoms with van der Waals surface area (Å²) in [7, 11) is 0. The molecule has 192 valence electrons. The molecule has 0 spiro atoms. The van der Waals surface area contributed by atoms with Crippen molar-refractivity contribution in [2.75, 3.05) is 31.0 Å². The van der Waals surface area contributed by atoms with Gasteiger partial charge in [0.15, 0.2) is 0 Å². The molecule has 2 rings (SSSR count). The van der Waals surface area contributed by atoms with Crippen LogP contribution in [0.25, 0.3) is 0 Å². The number of halogens is 1. The number of hydrogen-bond donors (Lipinski definition) is 2. The zero-order valence-corrected chi connectivity index (χ0v) is 20.8. The standard InChI is InChI=1S/C24H27ClN4O7/c1-4-34-21(31)16-11-7-8-12-17(16)26-18-13-9-10-14-19(18)28-29-24(22(32)35-5-2,23(33)36-6-3)27-20(30)15-25/h7-14,26H,4-6,15H2,1-3H3,(H,27,30)/b29-28+. The van der Waals surface area contributed by atoms with E-state index in [2.05, 4.69) is 20.9 Å². The normalized spacial score (nSPS) is 11.0. The van der Waals surface area contributed by atoms with Crippen LogP contribution >= 0.6 is 11.6 Å². The number of ether oxygens (including phenoxy) is 3. The Hall–Kier alpha value is -3.99. The first-order valence-corrected chi connectivity index (χ1v) is 11.6. The van der Waals surface area contributed by atoms with Crippen molar-refractivity contribution in [2.24, 2.45) is 10.2 Å². The van der Waals surface area contributed by atoms with E-state index in [-0.39, 0.29) is 31.1 Å². The van der Waals surface area contributed by atoms with Gasteiger partial charge in [0.05, 0.1) is 36.8 Å². The van der Waals surface area contributed by atoms with Gasteiger partial charge >= 0.3 is 23.6 Å². The minimum absolute atomic E-state index is 0.102. The Morgan fingerprint density at radius 3 is 1.97 bits per heavy atom. The van der Waals surface area contributed by atoms with Crippen molar-refractivity contribution >= 4 is 52.5 Å². The molecular weight excluding hydrogens is 492 g/mol. The lowest BCUT2D eigenvalue weighted by atomic mass is 10.1. The van der Waals surface area contributed by atoms with E-state index >= 15 is 0 Å². The lowest BCUT2D eigenvalue weighted by Crippen LogP contribution is -2.60. The highest BCUT2D eigenvalue weighted by molar-refractivity contribution is 6.28. The summed E-state index contributed by atoms with van der Waals surface area (Å²) in [5, 5.41) is 13.2. The van der Waals surface area contributed by atoms with E-state index in [9.17, 15) is 19.2 Å². The topological polar surface area (TPSA) is 145 Å².